The second-order valence-corrected chi connectivity index (χ2v) is 6.74. The number of nitrogens with one attached hydrogen (secondary N) is 2. The van der Waals surface area contributed by atoms with Gasteiger partial charge in [-0.25, -0.2) is 9.97 Å². The van der Waals surface area contributed by atoms with E-state index in [1.54, 1.807) is 29.8 Å². The molecule has 0 saturated heterocycles. The number of hydrogen-bond donors (Lipinski definition) is 2. The van der Waals surface area contributed by atoms with Gasteiger partial charge in [-0.1, -0.05) is 24.3 Å². The highest BCUT2D eigenvalue weighted by Gasteiger charge is 2.06. The zero-order chi connectivity index (χ0) is 18.5. The predicted octanol–water partition coefficient (Wildman–Crippen LogP) is 5.20. The molecule has 4 aromatic rings. The highest BCUT2D eigenvalue weighted by Crippen LogP contribution is 2.25. The van der Waals surface area contributed by atoms with Gasteiger partial charge in [-0.05, 0) is 47.8 Å². The molecule has 6 heteroatoms. The molecule has 0 fully saturated rings. The monoisotopic (exact) mass is 372 g/mol. The average Bonchev–Trinajstić information content (AvgIpc) is 3.25. The van der Waals surface area contributed by atoms with Gasteiger partial charge in [-0.15, -0.1) is 11.3 Å². The van der Waals surface area contributed by atoms with Crippen LogP contribution in [-0.4, -0.2) is 15.9 Å². The smallest absolute Gasteiger partial charge is 0.255 e. The van der Waals surface area contributed by atoms with Gasteiger partial charge >= 0.3 is 0 Å². The minimum Gasteiger partial charge on any atom is -0.340 e. The second-order valence-electron chi connectivity index (χ2n) is 5.79. The Balaban J connectivity index is 1.44. The van der Waals surface area contributed by atoms with Crippen LogP contribution in [0.3, 0.4) is 0 Å². The Hall–Kier alpha value is -3.51. The van der Waals surface area contributed by atoms with Crippen LogP contribution >= 0.6 is 11.3 Å². The standard InChI is InChI=1S/C21H16N4OS/c26-21(15-5-2-1-3-6-15)25-17-10-8-16(9-11-17)24-20-13-18(22-14-23-20)19-7-4-12-27-19/h1-14H,(H,25,26)(H,22,23,24). The topological polar surface area (TPSA) is 66.9 Å². The summed E-state index contributed by atoms with van der Waals surface area (Å²) in [6, 6.07) is 22.6. The van der Waals surface area contributed by atoms with Crippen molar-refractivity contribution in [2.24, 2.45) is 0 Å². The highest BCUT2D eigenvalue weighted by atomic mass is 32.1. The predicted molar refractivity (Wildman–Crippen MR) is 109 cm³/mol. The highest BCUT2D eigenvalue weighted by molar-refractivity contribution is 7.13. The lowest BCUT2D eigenvalue weighted by molar-refractivity contribution is 0.102. The molecule has 2 aromatic heterocycles. The molecule has 0 aliphatic rings. The maximum atomic E-state index is 12.2. The fourth-order valence-corrected chi connectivity index (χ4v) is 3.26. The Labute approximate surface area is 160 Å². The number of aromatic nitrogens is 2. The summed E-state index contributed by atoms with van der Waals surface area (Å²) < 4.78 is 0. The fraction of sp³-hybridized carbons (Fsp3) is 0. The third kappa shape index (κ3) is 4.19. The van der Waals surface area contributed by atoms with Gasteiger partial charge in [0.1, 0.15) is 12.1 Å². The molecular formula is C21H16N4OS. The van der Waals surface area contributed by atoms with Gasteiger partial charge in [0.25, 0.3) is 5.91 Å². The van der Waals surface area contributed by atoms with Crippen molar-refractivity contribution in [1.29, 1.82) is 0 Å². The molecule has 132 valence electrons. The molecule has 0 aliphatic heterocycles. The van der Waals surface area contributed by atoms with Crippen LogP contribution in [0.4, 0.5) is 17.2 Å². The minimum absolute atomic E-state index is 0.132. The van der Waals surface area contributed by atoms with Crippen molar-refractivity contribution < 1.29 is 4.79 Å². The van der Waals surface area contributed by atoms with E-state index in [0.29, 0.717) is 5.56 Å². The zero-order valence-electron chi connectivity index (χ0n) is 14.3. The van der Waals surface area contributed by atoms with E-state index in [9.17, 15) is 4.79 Å². The normalized spacial score (nSPS) is 10.4. The molecule has 2 N–H and O–H groups in total. The first-order valence-corrected chi connectivity index (χ1v) is 9.25. The summed E-state index contributed by atoms with van der Waals surface area (Å²) in [5.74, 6) is 0.585. The van der Waals surface area contributed by atoms with Crippen LogP contribution in [-0.2, 0) is 0 Å². The van der Waals surface area contributed by atoms with Crippen molar-refractivity contribution in [2.75, 3.05) is 10.6 Å². The van der Waals surface area contributed by atoms with Crippen molar-refractivity contribution >= 4 is 34.4 Å². The number of thiophene rings is 1. The molecule has 27 heavy (non-hydrogen) atoms. The molecule has 0 bridgehead atoms. The quantitative estimate of drug-likeness (QED) is 0.505. The van der Waals surface area contributed by atoms with E-state index in [4.69, 9.17) is 0 Å². The lowest BCUT2D eigenvalue weighted by atomic mass is 10.2. The van der Waals surface area contributed by atoms with Gasteiger partial charge in [-0.3, -0.25) is 4.79 Å². The molecule has 0 unspecified atom stereocenters. The number of carbonyl (C=O) groups excluding carboxylic acids is 1. The van der Waals surface area contributed by atoms with Crippen LogP contribution < -0.4 is 10.6 Å². The van der Waals surface area contributed by atoms with Crippen LogP contribution in [0, 0.1) is 0 Å². The van der Waals surface area contributed by atoms with E-state index < -0.39 is 0 Å². The SMILES string of the molecule is O=C(Nc1ccc(Nc2cc(-c3cccs3)ncn2)cc1)c1ccccc1. The molecule has 5 nitrogen and oxygen atoms in total. The number of rotatable bonds is 5. The summed E-state index contributed by atoms with van der Waals surface area (Å²) in [4.78, 5) is 21.9. The van der Waals surface area contributed by atoms with E-state index in [1.165, 1.54) is 0 Å². The van der Waals surface area contributed by atoms with E-state index in [-0.39, 0.29) is 5.91 Å². The number of benzene rings is 2. The third-order valence-corrected chi connectivity index (χ3v) is 4.78. The van der Waals surface area contributed by atoms with E-state index in [2.05, 4.69) is 20.6 Å². The zero-order valence-corrected chi connectivity index (χ0v) is 15.1. The number of amides is 1. The summed E-state index contributed by atoms with van der Waals surface area (Å²) in [5.41, 5.74) is 3.12. The third-order valence-electron chi connectivity index (χ3n) is 3.89. The van der Waals surface area contributed by atoms with Crippen molar-refractivity contribution in [1.82, 2.24) is 9.97 Å². The summed E-state index contributed by atoms with van der Waals surface area (Å²) in [6.07, 6.45) is 1.55. The van der Waals surface area contributed by atoms with E-state index in [0.717, 1.165) is 27.8 Å². The van der Waals surface area contributed by atoms with E-state index in [1.807, 2.05) is 66.0 Å². The molecule has 1 amide bonds. The second kappa shape index (κ2) is 7.80. The molecule has 0 radical (unpaired) electrons. The number of hydrogen-bond acceptors (Lipinski definition) is 5. The Morgan fingerprint density at radius 2 is 1.63 bits per heavy atom. The number of anilines is 3. The summed E-state index contributed by atoms with van der Waals surface area (Å²) >= 11 is 1.64. The van der Waals surface area contributed by atoms with Crippen LogP contribution in [0.2, 0.25) is 0 Å². The molecule has 2 heterocycles. The van der Waals surface area contributed by atoms with Gasteiger partial charge < -0.3 is 10.6 Å². The Morgan fingerprint density at radius 3 is 2.37 bits per heavy atom. The van der Waals surface area contributed by atoms with Crippen molar-refractivity contribution in [3.63, 3.8) is 0 Å². The molecule has 2 aromatic carbocycles. The first-order valence-electron chi connectivity index (χ1n) is 8.37. The molecular weight excluding hydrogens is 356 g/mol. The fourth-order valence-electron chi connectivity index (χ4n) is 2.56. The van der Waals surface area contributed by atoms with Gasteiger partial charge in [-0.2, -0.15) is 0 Å². The van der Waals surface area contributed by atoms with E-state index >= 15 is 0 Å². The van der Waals surface area contributed by atoms with Crippen LogP contribution in [0.1, 0.15) is 10.4 Å². The van der Waals surface area contributed by atoms with Gasteiger partial charge in [0.05, 0.1) is 10.6 Å². The molecule has 0 aliphatic carbocycles. The number of carbonyl (C=O) groups is 1. The summed E-state index contributed by atoms with van der Waals surface area (Å²) in [6.45, 7) is 0. The molecule has 0 spiro atoms. The van der Waals surface area contributed by atoms with Crippen LogP contribution in [0.25, 0.3) is 10.6 Å². The van der Waals surface area contributed by atoms with Crippen molar-refractivity contribution in [2.45, 2.75) is 0 Å². The maximum absolute atomic E-state index is 12.2. The first-order chi connectivity index (χ1) is 13.3. The first kappa shape index (κ1) is 16.9. The largest absolute Gasteiger partial charge is 0.340 e. The Kier molecular flexibility index (Phi) is 4.89. The minimum atomic E-state index is -0.132. The Morgan fingerprint density at radius 1 is 0.852 bits per heavy atom. The number of nitrogens with zero attached hydrogens (tertiary/aromatic N) is 2. The van der Waals surface area contributed by atoms with Crippen LogP contribution in [0.5, 0.6) is 0 Å². The molecule has 4 rings (SSSR count). The van der Waals surface area contributed by atoms with Gasteiger partial charge in [0.15, 0.2) is 0 Å². The lowest BCUT2D eigenvalue weighted by Gasteiger charge is -2.09. The van der Waals surface area contributed by atoms with Crippen molar-refractivity contribution in [3.8, 4) is 10.6 Å². The summed E-state index contributed by atoms with van der Waals surface area (Å²) in [7, 11) is 0. The summed E-state index contributed by atoms with van der Waals surface area (Å²) in [5, 5.41) is 8.17. The van der Waals surface area contributed by atoms with Gasteiger partial charge in [0.2, 0.25) is 0 Å². The lowest BCUT2D eigenvalue weighted by Crippen LogP contribution is -2.11. The Bertz CT molecular complexity index is 1030. The maximum Gasteiger partial charge on any atom is 0.255 e. The molecule has 0 atom stereocenters. The molecule has 0 saturated carbocycles. The average molecular weight is 372 g/mol. The van der Waals surface area contributed by atoms with Gasteiger partial charge in [0, 0.05) is 23.0 Å². The van der Waals surface area contributed by atoms with Crippen LogP contribution in [0.15, 0.2) is 84.5 Å². The van der Waals surface area contributed by atoms with Crippen molar-refractivity contribution in [3.05, 3.63) is 90.1 Å².